The lowest BCUT2D eigenvalue weighted by atomic mass is 10.0. The normalized spacial score (nSPS) is 18.0. The summed E-state index contributed by atoms with van der Waals surface area (Å²) in [4.78, 5) is 24.1. The molecule has 4 aromatic rings. The van der Waals surface area contributed by atoms with Crippen LogP contribution in [0, 0.1) is 0 Å². The Morgan fingerprint density at radius 2 is 1.78 bits per heavy atom. The van der Waals surface area contributed by atoms with Gasteiger partial charge >= 0.3 is 0 Å². The topological polar surface area (TPSA) is 76.2 Å². The summed E-state index contributed by atoms with van der Waals surface area (Å²) in [5, 5.41) is 5.44. The number of piperidine rings is 1. The summed E-state index contributed by atoms with van der Waals surface area (Å²) in [5.74, 6) is 0.453. The molecule has 0 radical (unpaired) electrons. The van der Waals surface area contributed by atoms with E-state index in [0.717, 1.165) is 46.1 Å². The molecular weight excluding hydrogens is 507 g/mol. The third kappa shape index (κ3) is 5.11. The van der Waals surface area contributed by atoms with Crippen molar-refractivity contribution in [2.75, 3.05) is 56.5 Å². The molecule has 2 N–H and O–H groups in total. The standard InChI is InChI=1S/C27H30Cl2N8/c1-35-11-13-36(14-12-35)19-6-9-37(10-7-19)24-5-4-18(15-22(24)28)33-27-32-17-23(29)25(34-27)21-16-31-26-20(21)3-2-8-30-26/h2-5,8,15-17,19H,6-7,9-14H2,1H3,(H,30,31)(H,32,33,34). The van der Waals surface area contributed by atoms with Crippen molar-refractivity contribution in [2.45, 2.75) is 18.9 Å². The molecule has 2 aliphatic heterocycles. The molecule has 37 heavy (non-hydrogen) atoms. The number of likely N-dealkylation sites (N-methyl/N-ethyl adjacent to an activating group) is 1. The number of nitrogens with one attached hydrogen (secondary N) is 2. The maximum Gasteiger partial charge on any atom is 0.227 e. The van der Waals surface area contributed by atoms with E-state index in [0.29, 0.717) is 22.7 Å². The van der Waals surface area contributed by atoms with Crippen molar-refractivity contribution in [1.82, 2.24) is 29.7 Å². The van der Waals surface area contributed by atoms with Gasteiger partial charge in [-0.15, -0.1) is 0 Å². The molecule has 0 unspecified atom stereocenters. The van der Waals surface area contributed by atoms with Crippen LogP contribution in [0.4, 0.5) is 17.3 Å². The SMILES string of the molecule is CN1CCN(C2CCN(c3ccc(Nc4ncc(Cl)c(-c5c[nH]c6ncccc56)n4)cc3Cl)CC2)CC1. The zero-order chi connectivity index (χ0) is 25.4. The summed E-state index contributed by atoms with van der Waals surface area (Å²) in [7, 11) is 2.21. The molecule has 192 valence electrons. The number of H-pyrrole nitrogens is 1. The molecule has 0 saturated carbocycles. The summed E-state index contributed by atoms with van der Waals surface area (Å²) in [6.07, 6.45) is 7.58. The fourth-order valence-corrected chi connectivity index (χ4v) is 5.89. The lowest BCUT2D eigenvalue weighted by molar-refractivity contribution is 0.0982. The number of fused-ring (bicyclic) bond motifs is 1. The Morgan fingerprint density at radius 3 is 2.57 bits per heavy atom. The Balaban J connectivity index is 1.14. The fourth-order valence-electron chi connectivity index (χ4n) is 5.40. The molecule has 0 spiro atoms. The predicted molar refractivity (Wildman–Crippen MR) is 151 cm³/mol. The summed E-state index contributed by atoms with van der Waals surface area (Å²) in [6, 6.07) is 10.6. The third-order valence-electron chi connectivity index (χ3n) is 7.51. The number of aromatic nitrogens is 4. The molecule has 0 atom stereocenters. The first-order valence-electron chi connectivity index (χ1n) is 12.7. The third-order valence-corrected chi connectivity index (χ3v) is 8.09. The van der Waals surface area contributed by atoms with Crippen LogP contribution < -0.4 is 10.2 Å². The number of hydrogen-bond acceptors (Lipinski definition) is 7. The number of rotatable bonds is 5. The highest BCUT2D eigenvalue weighted by Gasteiger charge is 2.27. The second-order valence-electron chi connectivity index (χ2n) is 9.84. The zero-order valence-corrected chi connectivity index (χ0v) is 22.3. The van der Waals surface area contributed by atoms with Crippen LogP contribution >= 0.6 is 23.2 Å². The van der Waals surface area contributed by atoms with Crippen molar-refractivity contribution in [3.05, 3.63) is 59.0 Å². The number of nitrogens with zero attached hydrogens (tertiary/aromatic N) is 6. The van der Waals surface area contributed by atoms with Crippen LogP contribution in [0.1, 0.15) is 12.8 Å². The van der Waals surface area contributed by atoms with Crippen molar-refractivity contribution in [3.8, 4) is 11.3 Å². The second-order valence-corrected chi connectivity index (χ2v) is 10.7. The molecule has 0 amide bonds. The van der Waals surface area contributed by atoms with Gasteiger partial charge in [0.1, 0.15) is 5.65 Å². The van der Waals surface area contributed by atoms with Crippen LogP contribution in [0.3, 0.4) is 0 Å². The van der Waals surface area contributed by atoms with Gasteiger partial charge in [0.15, 0.2) is 0 Å². The predicted octanol–water partition coefficient (Wildman–Crippen LogP) is 5.29. The smallest absolute Gasteiger partial charge is 0.227 e. The number of pyridine rings is 1. The van der Waals surface area contributed by atoms with Crippen molar-refractivity contribution >= 4 is 51.6 Å². The fraction of sp³-hybridized carbons (Fsp3) is 0.370. The molecule has 1 aromatic carbocycles. The van der Waals surface area contributed by atoms with Crippen molar-refractivity contribution in [1.29, 1.82) is 0 Å². The van der Waals surface area contributed by atoms with Crippen LogP contribution in [0.2, 0.25) is 10.0 Å². The Morgan fingerprint density at radius 1 is 0.973 bits per heavy atom. The van der Waals surface area contributed by atoms with Crippen LogP contribution in [0.5, 0.6) is 0 Å². The van der Waals surface area contributed by atoms with E-state index in [1.165, 1.54) is 39.0 Å². The van der Waals surface area contributed by atoms with Gasteiger partial charge in [-0.3, -0.25) is 4.90 Å². The summed E-state index contributed by atoms with van der Waals surface area (Å²) < 4.78 is 0. The van der Waals surface area contributed by atoms with Crippen LogP contribution in [0.15, 0.2) is 48.9 Å². The van der Waals surface area contributed by atoms with Gasteiger partial charge in [0, 0.05) is 74.3 Å². The van der Waals surface area contributed by atoms with Gasteiger partial charge in [0.05, 0.1) is 27.6 Å². The average Bonchev–Trinajstić information content (AvgIpc) is 3.35. The average molecular weight is 537 g/mol. The highest BCUT2D eigenvalue weighted by Crippen LogP contribution is 2.34. The Kier molecular flexibility index (Phi) is 6.90. The van der Waals surface area contributed by atoms with E-state index in [2.05, 4.69) is 48.1 Å². The van der Waals surface area contributed by atoms with Gasteiger partial charge in [0.25, 0.3) is 0 Å². The number of benzene rings is 1. The lowest BCUT2D eigenvalue weighted by Crippen LogP contribution is -2.52. The van der Waals surface area contributed by atoms with E-state index in [4.69, 9.17) is 28.2 Å². The zero-order valence-electron chi connectivity index (χ0n) is 20.8. The molecule has 6 rings (SSSR count). The molecule has 0 bridgehead atoms. The Labute approximate surface area is 226 Å². The molecule has 0 aliphatic carbocycles. The monoisotopic (exact) mass is 536 g/mol. The van der Waals surface area contributed by atoms with Gasteiger partial charge < -0.3 is 20.1 Å². The van der Waals surface area contributed by atoms with E-state index < -0.39 is 0 Å². The summed E-state index contributed by atoms with van der Waals surface area (Å²) in [5.41, 5.74) is 4.22. The van der Waals surface area contributed by atoms with Gasteiger partial charge in [-0.1, -0.05) is 23.2 Å². The largest absolute Gasteiger partial charge is 0.370 e. The van der Waals surface area contributed by atoms with Gasteiger partial charge in [-0.25, -0.2) is 15.0 Å². The minimum Gasteiger partial charge on any atom is -0.370 e. The molecular formula is C27H30Cl2N8. The summed E-state index contributed by atoms with van der Waals surface area (Å²) >= 11 is 13.2. The maximum atomic E-state index is 6.76. The molecule has 2 fully saturated rings. The first-order valence-corrected chi connectivity index (χ1v) is 13.5. The molecule has 3 aromatic heterocycles. The van der Waals surface area contributed by atoms with Gasteiger partial charge in [-0.2, -0.15) is 0 Å². The molecule has 8 nitrogen and oxygen atoms in total. The number of halogens is 2. The quantitative estimate of drug-likeness (QED) is 0.359. The van der Waals surface area contributed by atoms with Crippen molar-refractivity contribution in [3.63, 3.8) is 0 Å². The van der Waals surface area contributed by atoms with Crippen molar-refractivity contribution < 1.29 is 0 Å². The van der Waals surface area contributed by atoms with E-state index >= 15 is 0 Å². The van der Waals surface area contributed by atoms with Gasteiger partial charge in [0.2, 0.25) is 5.95 Å². The van der Waals surface area contributed by atoms with Gasteiger partial charge in [-0.05, 0) is 50.2 Å². The molecule has 2 saturated heterocycles. The van der Waals surface area contributed by atoms with Crippen LogP contribution in [0.25, 0.3) is 22.3 Å². The van der Waals surface area contributed by atoms with E-state index in [9.17, 15) is 0 Å². The second kappa shape index (κ2) is 10.5. The Hall–Kier alpha value is -2.91. The Bertz CT molecular complexity index is 1390. The number of piperazine rings is 1. The first-order chi connectivity index (χ1) is 18.0. The lowest BCUT2D eigenvalue weighted by Gasteiger charge is -2.42. The van der Waals surface area contributed by atoms with E-state index in [-0.39, 0.29) is 0 Å². The van der Waals surface area contributed by atoms with E-state index in [1.807, 2.05) is 30.5 Å². The summed E-state index contributed by atoms with van der Waals surface area (Å²) in [6.45, 7) is 6.72. The van der Waals surface area contributed by atoms with Crippen LogP contribution in [-0.2, 0) is 0 Å². The number of anilines is 3. The molecule has 5 heterocycles. The molecule has 2 aliphatic rings. The van der Waals surface area contributed by atoms with Crippen LogP contribution in [-0.4, -0.2) is 82.1 Å². The van der Waals surface area contributed by atoms with E-state index in [1.54, 1.807) is 12.4 Å². The number of hydrogen-bond donors (Lipinski definition) is 2. The van der Waals surface area contributed by atoms with Crippen molar-refractivity contribution in [2.24, 2.45) is 0 Å². The first kappa shape index (κ1) is 24.4. The highest BCUT2D eigenvalue weighted by atomic mass is 35.5. The maximum absolute atomic E-state index is 6.76. The molecule has 10 heteroatoms. The highest BCUT2D eigenvalue weighted by molar-refractivity contribution is 6.34. The minimum absolute atomic E-state index is 0.453. The minimum atomic E-state index is 0.453. The number of aromatic amines is 1.